The van der Waals surface area contributed by atoms with Gasteiger partial charge < -0.3 is 10.2 Å². The van der Waals surface area contributed by atoms with Crippen LogP contribution in [0.3, 0.4) is 0 Å². The highest BCUT2D eigenvalue weighted by atomic mass is 32.2. The zero-order valence-electron chi connectivity index (χ0n) is 12.3. The van der Waals surface area contributed by atoms with E-state index in [-0.39, 0.29) is 23.5 Å². The van der Waals surface area contributed by atoms with E-state index in [1.165, 1.54) is 0 Å². The number of nitrogens with one attached hydrogen (secondary N) is 1. The van der Waals surface area contributed by atoms with Crippen LogP contribution in [0.2, 0.25) is 0 Å². The van der Waals surface area contributed by atoms with Gasteiger partial charge in [-0.05, 0) is 12.0 Å². The van der Waals surface area contributed by atoms with Crippen molar-refractivity contribution in [2.75, 3.05) is 25.1 Å². The topological polar surface area (TPSA) is 66.5 Å². The molecule has 1 atom stereocenters. The molecule has 0 aromatic heterocycles. The van der Waals surface area contributed by atoms with Crippen LogP contribution in [0, 0.1) is 0 Å². The van der Waals surface area contributed by atoms with Crippen molar-refractivity contribution in [1.29, 1.82) is 0 Å². The largest absolute Gasteiger partial charge is 0.341 e. The van der Waals surface area contributed by atoms with Gasteiger partial charge in [-0.15, -0.1) is 0 Å². The Morgan fingerprint density at radius 2 is 2.05 bits per heavy atom. The van der Waals surface area contributed by atoms with Gasteiger partial charge >= 0.3 is 0 Å². The first-order chi connectivity index (χ1) is 9.96. The Morgan fingerprint density at radius 1 is 1.33 bits per heavy atom. The lowest BCUT2D eigenvalue weighted by Crippen LogP contribution is -2.34. The summed E-state index contributed by atoms with van der Waals surface area (Å²) in [5.41, 5.74) is 1.10. The van der Waals surface area contributed by atoms with Crippen molar-refractivity contribution in [2.24, 2.45) is 0 Å². The highest BCUT2D eigenvalue weighted by Gasteiger charge is 2.27. The maximum absolute atomic E-state index is 12.0. The Kier molecular flexibility index (Phi) is 5.36. The molecule has 1 heterocycles. The predicted octanol–water partition coefficient (Wildman–Crippen LogP) is 0.812. The van der Waals surface area contributed by atoms with Crippen molar-refractivity contribution in [3.05, 3.63) is 35.9 Å². The van der Waals surface area contributed by atoms with Gasteiger partial charge in [0.2, 0.25) is 5.91 Å². The number of benzene rings is 1. The van der Waals surface area contributed by atoms with E-state index in [9.17, 15) is 13.2 Å². The van der Waals surface area contributed by atoms with Crippen LogP contribution in [0.4, 0.5) is 0 Å². The molecule has 1 aliphatic rings. The van der Waals surface area contributed by atoms with Crippen molar-refractivity contribution in [2.45, 2.75) is 25.4 Å². The molecule has 5 nitrogen and oxygen atoms in total. The minimum absolute atomic E-state index is 0.00206. The van der Waals surface area contributed by atoms with Gasteiger partial charge in [0.25, 0.3) is 0 Å². The van der Waals surface area contributed by atoms with Gasteiger partial charge in [-0.3, -0.25) is 4.79 Å². The average molecular weight is 310 g/mol. The molecule has 1 amide bonds. The lowest BCUT2D eigenvalue weighted by molar-refractivity contribution is -0.130. The molecule has 1 aliphatic heterocycles. The number of hydrogen-bond acceptors (Lipinski definition) is 4. The van der Waals surface area contributed by atoms with Crippen LogP contribution in [-0.2, 0) is 21.2 Å². The zero-order valence-corrected chi connectivity index (χ0v) is 13.1. The maximum Gasteiger partial charge on any atom is 0.223 e. The summed E-state index contributed by atoms with van der Waals surface area (Å²) in [6.07, 6.45) is 1.04. The summed E-state index contributed by atoms with van der Waals surface area (Å²) in [7, 11) is -1.07. The van der Waals surface area contributed by atoms with Crippen molar-refractivity contribution >= 4 is 15.7 Å². The number of hydrogen-bond donors (Lipinski definition) is 1. The van der Waals surface area contributed by atoms with Crippen LogP contribution in [-0.4, -0.2) is 50.4 Å². The fourth-order valence-corrected chi connectivity index (χ4v) is 4.18. The van der Waals surface area contributed by atoms with E-state index in [1.807, 2.05) is 30.3 Å². The molecule has 1 N–H and O–H groups in total. The van der Waals surface area contributed by atoms with Gasteiger partial charge in [-0.2, -0.15) is 0 Å². The van der Waals surface area contributed by atoms with Crippen molar-refractivity contribution in [3.8, 4) is 0 Å². The highest BCUT2D eigenvalue weighted by Crippen LogP contribution is 2.11. The maximum atomic E-state index is 12.0. The predicted molar refractivity (Wildman–Crippen MR) is 82.6 cm³/mol. The molecule has 21 heavy (non-hydrogen) atoms. The van der Waals surface area contributed by atoms with E-state index in [4.69, 9.17) is 0 Å². The smallest absolute Gasteiger partial charge is 0.223 e. The number of nitrogens with zero attached hydrogens (tertiary/aromatic N) is 1. The molecular formula is C15H22N2O3S. The van der Waals surface area contributed by atoms with Gasteiger partial charge in [0, 0.05) is 32.6 Å². The van der Waals surface area contributed by atoms with Crippen LogP contribution in [0.1, 0.15) is 18.4 Å². The molecule has 0 spiro atoms. The van der Waals surface area contributed by atoms with Crippen LogP contribution < -0.4 is 5.32 Å². The molecule has 1 aromatic rings. The quantitative estimate of drug-likeness (QED) is 0.844. The summed E-state index contributed by atoms with van der Waals surface area (Å²) in [6.45, 7) is 1.12. The van der Waals surface area contributed by atoms with Gasteiger partial charge in [0.1, 0.15) is 0 Å². The summed E-state index contributed by atoms with van der Waals surface area (Å²) in [6, 6.07) is 9.84. The molecule has 1 saturated heterocycles. The second-order valence-electron chi connectivity index (χ2n) is 5.54. The molecule has 116 valence electrons. The van der Waals surface area contributed by atoms with E-state index < -0.39 is 9.84 Å². The minimum Gasteiger partial charge on any atom is -0.341 e. The lowest BCUT2D eigenvalue weighted by Gasteiger charge is -2.18. The second-order valence-corrected chi connectivity index (χ2v) is 7.77. The summed E-state index contributed by atoms with van der Waals surface area (Å²) in [4.78, 5) is 13.7. The molecule has 0 saturated carbocycles. The molecule has 0 aliphatic carbocycles. The molecular weight excluding hydrogens is 288 g/mol. The molecule has 0 radical (unpaired) electrons. The first kappa shape index (κ1) is 16.0. The number of sulfone groups is 1. The SMILES string of the molecule is CN(Cc1ccccc1)C(=O)CCNC1CCS(=O)(=O)C1. The zero-order chi connectivity index (χ0) is 15.3. The van der Waals surface area contributed by atoms with Gasteiger partial charge in [-0.1, -0.05) is 30.3 Å². The average Bonchev–Trinajstić information content (AvgIpc) is 2.79. The standard InChI is InChI=1S/C15H22N2O3S/c1-17(11-13-5-3-2-4-6-13)15(18)7-9-16-14-8-10-21(19,20)12-14/h2-6,14,16H,7-12H2,1H3. The molecule has 6 heteroatoms. The van der Waals surface area contributed by atoms with E-state index in [1.54, 1.807) is 11.9 Å². The normalized spacial score (nSPS) is 20.3. The first-order valence-electron chi connectivity index (χ1n) is 7.18. The van der Waals surface area contributed by atoms with Gasteiger partial charge in [-0.25, -0.2) is 8.42 Å². The van der Waals surface area contributed by atoms with Crippen molar-refractivity contribution in [1.82, 2.24) is 10.2 Å². The molecule has 1 fully saturated rings. The van der Waals surface area contributed by atoms with Crippen molar-refractivity contribution < 1.29 is 13.2 Å². The molecule has 0 bridgehead atoms. The Balaban J connectivity index is 1.70. The van der Waals surface area contributed by atoms with E-state index >= 15 is 0 Å². The fraction of sp³-hybridized carbons (Fsp3) is 0.533. The highest BCUT2D eigenvalue weighted by molar-refractivity contribution is 7.91. The molecule has 1 unspecified atom stereocenters. The minimum atomic E-state index is -2.86. The van der Waals surface area contributed by atoms with Gasteiger partial charge in [0.15, 0.2) is 9.84 Å². The van der Waals surface area contributed by atoms with Crippen LogP contribution in [0.25, 0.3) is 0 Å². The number of amides is 1. The summed E-state index contributed by atoms with van der Waals surface area (Å²) < 4.78 is 22.7. The fourth-order valence-electron chi connectivity index (χ4n) is 2.48. The van der Waals surface area contributed by atoms with E-state index in [0.29, 0.717) is 25.9 Å². The Hall–Kier alpha value is -1.40. The lowest BCUT2D eigenvalue weighted by atomic mass is 10.2. The molecule has 2 rings (SSSR count). The Morgan fingerprint density at radius 3 is 2.67 bits per heavy atom. The van der Waals surface area contributed by atoms with E-state index in [0.717, 1.165) is 5.56 Å². The number of carbonyl (C=O) groups is 1. The van der Waals surface area contributed by atoms with Gasteiger partial charge in [0.05, 0.1) is 11.5 Å². The third kappa shape index (κ3) is 5.13. The third-order valence-electron chi connectivity index (χ3n) is 3.69. The first-order valence-corrected chi connectivity index (χ1v) is 9.00. The Labute approximate surface area is 126 Å². The number of rotatable bonds is 6. The molecule has 1 aromatic carbocycles. The summed E-state index contributed by atoms with van der Waals surface area (Å²) in [5, 5.41) is 3.16. The summed E-state index contributed by atoms with van der Waals surface area (Å²) >= 11 is 0. The Bertz CT molecular complexity index is 572. The van der Waals surface area contributed by atoms with Crippen LogP contribution >= 0.6 is 0 Å². The summed E-state index contributed by atoms with van der Waals surface area (Å²) in [5.74, 6) is 0.514. The van der Waals surface area contributed by atoms with Crippen LogP contribution in [0.5, 0.6) is 0 Å². The number of carbonyl (C=O) groups excluding carboxylic acids is 1. The third-order valence-corrected chi connectivity index (χ3v) is 5.46. The van der Waals surface area contributed by atoms with E-state index in [2.05, 4.69) is 5.32 Å². The van der Waals surface area contributed by atoms with Crippen molar-refractivity contribution in [3.63, 3.8) is 0 Å². The monoisotopic (exact) mass is 310 g/mol. The van der Waals surface area contributed by atoms with Crippen LogP contribution in [0.15, 0.2) is 30.3 Å². The second kappa shape index (κ2) is 7.04.